The van der Waals surface area contributed by atoms with E-state index < -0.39 is 0 Å². The summed E-state index contributed by atoms with van der Waals surface area (Å²) >= 11 is 2.09. The third-order valence-corrected chi connectivity index (χ3v) is 3.39. The predicted octanol–water partition coefficient (Wildman–Crippen LogP) is 1.37. The van der Waals surface area contributed by atoms with Gasteiger partial charge in [0, 0.05) is 13.7 Å². The van der Waals surface area contributed by atoms with Gasteiger partial charge in [0.25, 0.3) is 0 Å². The van der Waals surface area contributed by atoms with Crippen molar-refractivity contribution in [1.82, 2.24) is 5.32 Å². The van der Waals surface area contributed by atoms with Crippen LogP contribution in [-0.4, -0.2) is 38.3 Å². The molecular formula is C9H19NOS. The van der Waals surface area contributed by atoms with Crippen LogP contribution >= 0.6 is 11.8 Å². The molecule has 0 radical (unpaired) electrons. The van der Waals surface area contributed by atoms with Gasteiger partial charge in [-0.3, -0.25) is 0 Å². The lowest BCUT2D eigenvalue weighted by molar-refractivity contribution is 0.194. The number of thioether (sulfide) groups is 1. The molecule has 0 spiro atoms. The molecule has 1 aliphatic rings. The molecule has 1 rings (SSSR count). The molecule has 0 aromatic rings. The number of ether oxygens (including phenoxy) is 1. The van der Waals surface area contributed by atoms with E-state index in [1.807, 2.05) is 0 Å². The number of hydrogen-bond donors (Lipinski definition) is 1. The van der Waals surface area contributed by atoms with Crippen molar-refractivity contribution in [3.8, 4) is 0 Å². The van der Waals surface area contributed by atoms with E-state index in [1.165, 1.54) is 24.5 Å². The second kappa shape index (κ2) is 6.75. The normalized spacial score (nSPS) is 23.2. The van der Waals surface area contributed by atoms with E-state index in [9.17, 15) is 0 Å². The van der Waals surface area contributed by atoms with Crippen LogP contribution in [0.5, 0.6) is 0 Å². The van der Waals surface area contributed by atoms with Crippen LogP contribution < -0.4 is 5.32 Å². The largest absolute Gasteiger partial charge is 0.385 e. The first-order valence-electron chi connectivity index (χ1n) is 4.71. The van der Waals surface area contributed by atoms with Crippen LogP contribution in [0.2, 0.25) is 0 Å². The molecule has 0 bridgehead atoms. The molecule has 12 heavy (non-hydrogen) atoms. The van der Waals surface area contributed by atoms with Gasteiger partial charge < -0.3 is 10.1 Å². The van der Waals surface area contributed by atoms with E-state index in [-0.39, 0.29) is 0 Å². The second-order valence-corrected chi connectivity index (χ2v) is 4.43. The molecule has 72 valence electrons. The first kappa shape index (κ1) is 10.4. The standard InChI is InChI=1S/C9H19NOS/c1-11-5-2-4-10-7-9-3-6-12-8-9/h9-10H,2-8H2,1H3. The molecule has 1 aliphatic heterocycles. The van der Waals surface area contributed by atoms with Crippen LogP contribution in [0.4, 0.5) is 0 Å². The number of hydrogen-bond acceptors (Lipinski definition) is 3. The van der Waals surface area contributed by atoms with Gasteiger partial charge in [-0.25, -0.2) is 0 Å². The van der Waals surface area contributed by atoms with Crippen molar-refractivity contribution in [2.75, 3.05) is 38.3 Å². The summed E-state index contributed by atoms with van der Waals surface area (Å²) in [5, 5.41) is 3.47. The SMILES string of the molecule is COCCCNCC1CCSC1. The number of nitrogens with one attached hydrogen (secondary N) is 1. The molecule has 0 amide bonds. The average molecular weight is 189 g/mol. The zero-order valence-corrected chi connectivity index (χ0v) is 8.66. The molecule has 1 unspecified atom stereocenters. The van der Waals surface area contributed by atoms with E-state index in [1.54, 1.807) is 7.11 Å². The van der Waals surface area contributed by atoms with Gasteiger partial charge in [-0.2, -0.15) is 11.8 Å². The Balaban J connectivity index is 1.81. The molecule has 1 N–H and O–H groups in total. The second-order valence-electron chi connectivity index (χ2n) is 3.28. The molecule has 1 saturated heterocycles. The summed E-state index contributed by atoms with van der Waals surface area (Å²) in [6, 6.07) is 0. The van der Waals surface area contributed by atoms with Crippen molar-refractivity contribution >= 4 is 11.8 Å². The minimum Gasteiger partial charge on any atom is -0.385 e. The van der Waals surface area contributed by atoms with Crippen molar-refractivity contribution in [3.63, 3.8) is 0 Å². The van der Waals surface area contributed by atoms with Gasteiger partial charge in [0.2, 0.25) is 0 Å². The van der Waals surface area contributed by atoms with Crippen LogP contribution in [0.15, 0.2) is 0 Å². The third-order valence-electron chi connectivity index (χ3n) is 2.16. The topological polar surface area (TPSA) is 21.3 Å². The van der Waals surface area contributed by atoms with E-state index in [0.717, 1.165) is 25.5 Å². The Morgan fingerprint density at radius 2 is 2.50 bits per heavy atom. The highest BCUT2D eigenvalue weighted by Gasteiger charge is 2.13. The molecule has 0 saturated carbocycles. The Morgan fingerprint density at radius 3 is 3.17 bits per heavy atom. The Hall–Kier alpha value is 0.270. The molecule has 0 aromatic heterocycles. The fourth-order valence-electron chi connectivity index (χ4n) is 1.39. The smallest absolute Gasteiger partial charge is 0.0474 e. The summed E-state index contributed by atoms with van der Waals surface area (Å²) in [5.41, 5.74) is 0. The van der Waals surface area contributed by atoms with Gasteiger partial charge in [-0.05, 0) is 43.4 Å². The summed E-state index contributed by atoms with van der Waals surface area (Å²) in [5.74, 6) is 3.65. The van der Waals surface area contributed by atoms with Crippen LogP contribution in [-0.2, 0) is 4.74 Å². The van der Waals surface area contributed by atoms with Crippen LogP contribution in [0.3, 0.4) is 0 Å². The van der Waals surface area contributed by atoms with Gasteiger partial charge in [-0.15, -0.1) is 0 Å². The summed E-state index contributed by atoms with van der Waals surface area (Å²) in [6.07, 6.45) is 2.54. The van der Waals surface area contributed by atoms with Gasteiger partial charge in [0.15, 0.2) is 0 Å². The number of methoxy groups -OCH3 is 1. The zero-order chi connectivity index (χ0) is 8.65. The van der Waals surface area contributed by atoms with Crippen LogP contribution in [0.1, 0.15) is 12.8 Å². The van der Waals surface area contributed by atoms with E-state index in [2.05, 4.69) is 17.1 Å². The summed E-state index contributed by atoms with van der Waals surface area (Å²) < 4.78 is 4.97. The first-order chi connectivity index (χ1) is 5.93. The molecule has 1 atom stereocenters. The first-order valence-corrected chi connectivity index (χ1v) is 5.86. The zero-order valence-electron chi connectivity index (χ0n) is 7.84. The lowest BCUT2D eigenvalue weighted by atomic mass is 10.1. The van der Waals surface area contributed by atoms with Crippen molar-refractivity contribution in [1.29, 1.82) is 0 Å². The van der Waals surface area contributed by atoms with Gasteiger partial charge in [0.1, 0.15) is 0 Å². The highest BCUT2D eigenvalue weighted by Crippen LogP contribution is 2.22. The highest BCUT2D eigenvalue weighted by atomic mass is 32.2. The molecule has 0 aromatic carbocycles. The predicted molar refractivity (Wildman–Crippen MR) is 54.8 cm³/mol. The molecule has 1 fully saturated rings. The maximum atomic E-state index is 4.97. The minimum absolute atomic E-state index is 0.881. The van der Waals surface area contributed by atoms with Crippen molar-refractivity contribution in [2.24, 2.45) is 5.92 Å². The number of rotatable bonds is 6. The maximum absolute atomic E-state index is 4.97. The van der Waals surface area contributed by atoms with E-state index >= 15 is 0 Å². The highest BCUT2D eigenvalue weighted by molar-refractivity contribution is 7.99. The Kier molecular flexibility index (Phi) is 5.82. The van der Waals surface area contributed by atoms with Crippen LogP contribution in [0, 0.1) is 5.92 Å². The summed E-state index contributed by atoms with van der Waals surface area (Å²) in [4.78, 5) is 0. The molecule has 3 heteroatoms. The summed E-state index contributed by atoms with van der Waals surface area (Å²) in [6.45, 7) is 3.19. The Labute approximate surface area is 79.4 Å². The lowest BCUT2D eigenvalue weighted by Gasteiger charge is -2.08. The van der Waals surface area contributed by atoms with Crippen molar-refractivity contribution < 1.29 is 4.74 Å². The Morgan fingerprint density at radius 1 is 1.58 bits per heavy atom. The van der Waals surface area contributed by atoms with Gasteiger partial charge in [0.05, 0.1) is 0 Å². The summed E-state index contributed by atoms with van der Waals surface area (Å²) in [7, 11) is 1.76. The van der Waals surface area contributed by atoms with Crippen molar-refractivity contribution in [3.05, 3.63) is 0 Å². The minimum atomic E-state index is 0.881. The third kappa shape index (κ3) is 4.33. The molecule has 2 nitrogen and oxygen atoms in total. The van der Waals surface area contributed by atoms with Crippen LogP contribution in [0.25, 0.3) is 0 Å². The average Bonchev–Trinajstić information content (AvgIpc) is 2.57. The fraction of sp³-hybridized carbons (Fsp3) is 1.00. The van der Waals surface area contributed by atoms with Gasteiger partial charge in [-0.1, -0.05) is 0 Å². The van der Waals surface area contributed by atoms with Gasteiger partial charge >= 0.3 is 0 Å². The van der Waals surface area contributed by atoms with Crippen molar-refractivity contribution in [2.45, 2.75) is 12.8 Å². The van der Waals surface area contributed by atoms with E-state index in [0.29, 0.717) is 0 Å². The van der Waals surface area contributed by atoms with E-state index in [4.69, 9.17) is 4.74 Å². The maximum Gasteiger partial charge on any atom is 0.0474 e. The lowest BCUT2D eigenvalue weighted by Crippen LogP contribution is -2.24. The monoisotopic (exact) mass is 189 g/mol. The Bertz CT molecular complexity index is 105. The quantitative estimate of drug-likeness (QED) is 0.638. The molecule has 0 aliphatic carbocycles. The fourth-order valence-corrected chi connectivity index (χ4v) is 2.68. The molecular weight excluding hydrogens is 170 g/mol. The molecule has 1 heterocycles.